The Kier molecular flexibility index (Phi) is 3.88. The summed E-state index contributed by atoms with van der Waals surface area (Å²) in [7, 11) is 0. The summed E-state index contributed by atoms with van der Waals surface area (Å²) in [4.78, 5) is 2.65. The maximum absolute atomic E-state index is 9.25. The Labute approximate surface area is 99.2 Å². The quantitative estimate of drug-likeness (QED) is 0.756. The summed E-state index contributed by atoms with van der Waals surface area (Å²) < 4.78 is 0. The molecule has 0 aromatic rings. The first kappa shape index (κ1) is 12.3. The molecule has 2 N–H and O–H groups in total. The van der Waals surface area contributed by atoms with Crippen LogP contribution in [0.3, 0.4) is 0 Å². The van der Waals surface area contributed by atoms with Gasteiger partial charge >= 0.3 is 0 Å². The average molecular weight is 226 g/mol. The Morgan fingerprint density at radius 2 is 2.06 bits per heavy atom. The number of hydrogen-bond acceptors (Lipinski definition) is 3. The molecule has 2 fully saturated rings. The van der Waals surface area contributed by atoms with E-state index in [4.69, 9.17) is 0 Å². The van der Waals surface area contributed by atoms with Gasteiger partial charge in [-0.25, -0.2) is 0 Å². The number of aliphatic hydroxyl groups excluding tert-OH is 1. The van der Waals surface area contributed by atoms with E-state index in [9.17, 15) is 5.11 Å². The zero-order valence-corrected chi connectivity index (χ0v) is 10.7. The normalized spacial score (nSPS) is 31.7. The molecular weight excluding hydrogens is 200 g/mol. The third kappa shape index (κ3) is 2.76. The molecule has 0 spiro atoms. The van der Waals surface area contributed by atoms with Gasteiger partial charge in [-0.15, -0.1) is 0 Å². The second kappa shape index (κ2) is 5.03. The topological polar surface area (TPSA) is 35.5 Å². The highest BCUT2D eigenvalue weighted by molar-refractivity contribution is 4.94. The number of aliphatic hydroxyl groups is 1. The summed E-state index contributed by atoms with van der Waals surface area (Å²) in [5.41, 5.74) is 0.0160. The molecule has 2 rings (SSSR count). The second-order valence-electron chi connectivity index (χ2n) is 6.20. The van der Waals surface area contributed by atoms with Crippen molar-refractivity contribution < 1.29 is 5.11 Å². The molecule has 2 saturated heterocycles. The van der Waals surface area contributed by atoms with E-state index in [0.717, 1.165) is 12.6 Å². The zero-order valence-electron chi connectivity index (χ0n) is 10.7. The minimum Gasteiger partial charge on any atom is -0.396 e. The highest BCUT2D eigenvalue weighted by Gasteiger charge is 2.35. The number of piperidine rings is 1. The molecule has 0 aromatic heterocycles. The monoisotopic (exact) mass is 226 g/mol. The maximum atomic E-state index is 9.25. The average Bonchev–Trinajstić information content (AvgIpc) is 2.70. The van der Waals surface area contributed by atoms with Gasteiger partial charge in [0.2, 0.25) is 0 Å². The molecule has 0 aromatic carbocycles. The first-order valence-corrected chi connectivity index (χ1v) is 6.71. The summed E-state index contributed by atoms with van der Waals surface area (Å²) in [5.74, 6) is 0. The van der Waals surface area contributed by atoms with Crippen LogP contribution >= 0.6 is 0 Å². The lowest BCUT2D eigenvalue weighted by Crippen LogP contribution is -2.47. The molecule has 2 heterocycles. The number of nitrogens with zero attached hydrogens (tertiary/aromatic N) is 1. The van der Waals surface area contributed by atoms with Gasteiger partial charge in [-0.3, -0.25) is 4.90 Å². The van der Waals surface area contributed by atoms with Crippen molar-refractivity contribution in [2.75, 3.05) is 26.2 Å². The molecule has 3 heteroatoms. The lowest BCUT2D eigenvalue weighted by Gasteiger charge is -2.34. The van der Waals surface area contributed by atoms with Crippen LogP contribution in [0, 0.1) is 5.41 Å². The Balaban J connectivity index is 1.82. The fourth-order valence-electron chi connectivity index (χ4n) is 2.95. The van der Waals surface area contributed by atoms with Gasteiger partial charge < -0.3 is 10.4 Å². The van der Waals surface area contributed by atoms with Crippen LogP contribution in [-0.2, 0) is 0 Å². The molecule has 3 nitrogen and oxygen atoms in total. The third-order valence-corrected chi connectivity index (χ3v) is 4.13. The smallest absolute Gasteiger partial charge is 0.0494 e. The van der Waals surface area contributed by atoms with E-state index in [1.807, 2.05) is 0 Å². The number of hydrogen-bond donors (Lipinski definition) is 2. The SMILES string of the molecule is CC(C)(CO)CNC1CCN2CCCCC12. The number of nitrogens with one attached hydrogen (secondary N) is 1. The van der Waals surface area contributed by atoms with E-state index in [-0.39, 0.29) is 12.0 Å². The molecule has 2 atom stereocenters. The number of fused-ring (bicyclic) bond motifs is 1. The van der Waals surface area contributed by atoms with Crippen molar-refractivity contribution in [3.05, 3.63) is 0 Å². The first-order chi connectivity index (χ1) is 7.62. The molecule has 0 bridgehead atoms. The Morgan fingerprint density at radius 1 is 1.25 bits per heavy atom. The lowest BCUT2D eigenvalue weighted by atomic mass is 9.93. The fraction of sp³-hybridized carbons (Fsp3) is 1.00. The van der Waals surface area contributed by atoms with Crippen LogP contribution in [0.1, 0.15) is 39.5 Å². The van der Waals surface area contributed by atoms with E-state index < -0.39 is 0 Å². The highest BCUT2D eigenvalue weighted by Crippen LogP contribution is 2.27. The van der Waals surface area contributed by atoms with Crippen molar-refractivity contribution >= 4 is 0 Å². The van der Waals surface area contributed by atoms with Crippen LogP contribution in [0.2, 0.25) is 0 Å². The van der Waals surface area contributed by atoms with Crippen molar-refractivity contribution in [2.24, 2.45) is 5.41 Å². The molecule has 0 amide bonds. The van der Waals surface area contributed by atoms with Crippen LogP contribution in [-0.4, -0.2) is 48.3 Å². The first-order valence-electron chi connectivity index (χ1n) is 6.71. The van der Waals surface area contributed by atoms with Crippen molar-refractivity contribution in [1.82, 2.24) is 10.2 Å². The van der Waals surface area contributed by atoms with Gasteiger partial charge in [0.1, 0.15) is 0 Å². The van der Waals surface area contributed by atoms with Gasteiger partial charge in [-0.2, -0.15) is 0 Å². The van der Waals surface area contributed by atoms with E-state index in [1.54, 1.807) is 0 Å². The van der Waals surface area contributed by atoms with Gasteiger partial charge in [-0.1, -0.05) is 20.3 Å². The Bertz CT molecular complexity index is 230. The van der Waals surface area contributed by atoms with E-state index in [0.29, 0.717) is 6.04 Å². The summed E-state index contributed by atoms with van der Waals surface area (Å²) in [6, 6.07) is 1.43. The van der Waals surface area contributed by atoms with Gasteiger partial charge in [-0.05, 0) is 25.8 Å². The van der Waals surface area contributed by atoms with Gasteiger partial charge in [0.25, 0.3) is 0 Å². The predicted octanol–water partition coefficient (Wildman–Crippen LogP) is 1.22. The van der Waals surface area contributed by atoms with E-state index in [2.05, 4.69) is 24.1 Å². The lowest BCUT2D eigenvalue weighted by molar-refractivity contribution is 0.141. The summed E-state index contributed by atoms with van der Waals surface area (Å²) >= 11 is 0. The predicted molar refractivity (Wildman–Crippen MR) is 66.5 cm³/mol. The summed E-state index contributed by atoms with van der Waals surface area (Å²) in [6.45, 7) is 7.99. The largest absolute Gasteiger partial charge is 0.396 e. The Hall–Kier alpha value is -0.120. The molecule has 2 aliphatic rings. The highest BCUT2D eigenvalue weighted by atomic mass is 16.3. The molecule has 2 aliphatic heterocycles. The van der Waals surface area contributed by atoms with Crippen LogP contribution in [0.25, 0.3) is 0 Å². The Morgan fingerprint density at radius 3 is 2.81 bits per heavy atom. The fourth-order valence-corrected chi connectivity index (χ4v) is 2.95. The molecule has 16 heavy (non-hydrogen) atoms. The van der Waals surface area contributed by atoms with Crippen molar-refractivity contribution in [3.63, 3.8) is 0 Å². The molecule has 0 radical (unpaired) electrons. The molecule has 0 saturated carbocycles. The molecule has 2 unspecified atom stereocenters. The molecule has 94 valence electrons. The maximum Gasteiger partial charge on any atom is 0.0494 e. The standard InChI is InChI=1S/C13H26N2O/c1-13(2,10-16)9-14-11-6-8-15-7-4-3-5-12(11)15/h11-12,14,16H,3-10H2,1-2H3. The van der Waals surface area contributed by atoms with E-state index in [1.165, 1.54) is 38.8 Å². The number of rotatable bonds is 4. The zero-order chi connectivity index (χ0) is 11.6. The molecular formula is C13H26N2O. The van der Waals surface area contributed by atoms with E-state index >= 15 is 0 Å². The summed E-state index contributed by atoms with van der Waals surface area (Å²) in [5, 5.41) is 12.9. The second-order valence-corrected chi connectivity index (χ2v) is 6.20. The van der Waals surface area contributed by atoms with Crippen LogP contribution in [0.5, 0.6) is 0 Å². The minimum atomic E-state index is 0.0160. The van der Waals surface area contributed by atoms with Crippen molar-refractivity contribution in [2.45, 2.75) is 51.6 Å². The van der Waals surface area contributed by atoms with Gasteiger partial charge in [0.05, 0.1) is 0 Å². The third-order valence-electron chi connectivity index (χ3n) is 4.13. The van der Waals surface area contributed by atoms with Crippen molar-refractivity contribution in [1.29, 1.82) is 0 Å². The van der Waals surface area contributed by atoms with Crippen LogP contribution < -0.4 is 5.32 Å². The molecule has 0 aliphatic carbocycles. The van der Waals surface area contributed by atoms with Crippen molar-refractivity contribution in [3.8, 4) is 0 Å². The minimum absolute atomic E-state index is 0.0160. The van der Waals surface area contributed by atoms with Crippen LogP contribution in [0.15, 0.2) is 0 Å². The van der Waals surface area contributed by atoms with Crippen LogP contribution in [0.4, 0.5) is 0 Å². The van der Waals surface area contributed by atoms with Gasteiger partial charge in [0.15, 0.2) is 0 Å². The van der Waals surface area contributed by atoms with Gasteiger partial charge in [0, 0.05) is 37.2 Å². The summed E-state index contributed by atoms with van der Waals surface area (Å²) in [6.07, 6.45) is 5.41.